The SMILES string of the molecule is [2H]C([2H])([2H])c1ccnc(-c2ccc(-c3ccccc3-c3cc(-c4ccccc4-c4ccc(-c5ccccn5)cc4)cc(-c4ccccc4-c4ccc(-c5ccccn5)cc4)c3)c(-c3cccc(-c4ccc5c(c4)oc4ccccc45)c3)c2)c1. The molecule has 376 valence electrons. The summed E-state index contributed by atoms with van der Waals surface area (Å²) in [5.74, 6) is 0. The fourth-order valence-electron chi connectivity index (χ4n) is 11.3. The molecule has 14 aromatic rings. The minimum absolute atomic E-state index is 0.239. The largest absolute Gasteiger partial charge is 0.456 e. The maximum atomic E-state index is 8.27. The molecule has 0 spiro atoms. The van der Waals surface area contributed by atoms with Crippen molar-refractivity contribution in [2.45, 2.75) is 6.85 Å². The Morgan fingerprint density at radius 2 is 0.700 bits per heavy atom. The first-order valence-electron chi connectivity index (χ1n) is 28.4. The lowest BCUT2D eigenvalue weighted by atomic mass is 9.84. The van der Waals surface area contributed by atoms with Gasteiger partial charge in [0.1, 0.15) is 11.2 Å². The van der Waals surface area contributed by atoms with Gasteiger partial charge in [-0.25, -0.2) is 0 Å². The Labute approximate surface area is 469 Å². The highest BCUT2D eigenvalue weighted by Crippen LogP contribution is 2.45. The number of rotatable bonds is 11. The number of benzene rings is 10. The van der Waals surface area contributed by atoms with E-state index in [0.29, 0.717) is 5.69 Å². The lowest BCUT2D eigenvalue weighted by molar-refractivity contribution is 0.669. The second kappa shape index (κ2) is 20.8. The van der Waals surface area contributed by atoms with Crippen LogP contribution in [0.25, 0.3) is 145 Å². The summed E-state index contributed by atoms with van der Waals surface area (Å²) >= 11 is 0. The summed E-state index contributed by atoms with van der Waals surface area (Å²) in [5, 5.41) is 2.16. The molecule has 0 atom stereocenters. The zero-order valence-electron chi connectivity index (χ0n) is 46.5. The third kappa shape index (κ3) is 9.25. The molecule has 14 rings (SSSR count). The average molecular weight is 1030 g/mol. The molecule has 0 radical (unpaired) electrons. The Balaban J connectivity index is 0.947. The Kier molecular flexibility index (Phi) is 11.6. The Hall–Kier alpha value is -10.6. The van der Waals surface area contributed by atoms with Crippen molar-refractivity contribution in [1.29, 1.82) is 0 Å². The van der Waals surface area contributed by atoms with E-state index >= 15 is 0 Å². The average Bonchev–Trinajstić information content (AvgIpc) is 4.21. The van der Waals surface area contributed by atoms with E-state index in [1.54, 1.807) is 18.3 Å². The smallest absolute Gasteiger partial charge is 0.136 e. The number of aryl methyl sites for hydroxylation is 1. The van der Waals surface area contributed by atoms with Gasteiger partial charge in [-0.05, 0) is 186 Å². The van der Waals surface area contributed by atoms with Crippen LogP contribution in [0.2, 0.25) is 0 Å². The van der Waals surface area contributed by atoms with Gasteiger partial charge in [-0.1, -0.05) is 188 Å². The zero-order chi connectivity index (χ0) is 55.9. The number of hydrogen-bond acceptors (Lipinski definition) is 4. The third-order valence-corrected chi connectivity index (χ3v) is 15.2. The van der Waals surface area contributed by atoms with Gasteiger partial charge in [-0.15, -0.1) is 0 Å². The van der Waals surface area contributed by atoms with E-state index in [2.05, 4.69) is 216 Å². The van der Waals surface area contributed by atoms with Crippen LogP contribution in [-0.4, -0.2) is 15.0 Å². The number of para-hydroxylation sites is 1. The van der Waals surface area contributed by atoms with Crippen LogP contribution < -0.4 is 0 Å². The standard InChI is InChI=1S/C76H51N3O/c1-50-39-42-79-74(43-50)58-36-37-68(71(48-58)57-16-14-15-55(44-57)56-35-38-70-69-23-8-9-26-75(69)80-76(70)49-56)67-22-7-6-21-66(67)61-46-59(64-19-4-2-17-62(64)51-27-31-53(32-28-51)72-24-10-12-40-77-72)45-60(47-61)65-20-5-3-18-63(65)52-29-33-54(34-30-52)73-25-11-13-41-78-73/h2-49H,1H3/i1D3. The molecular formula is C76H51N3O. The number of hydrogen-bond donors (Lipinski definition) is 0. The van der Waals surface area contributed by atoms with Gasteiger partial charge >= 0.3 is 0 Å². The van der Waals surface area contributed by atoms with Crippen LogP contribution in [0, 0.1) is 6.85 Å². The van der Waals surface area contributed by atoms with Gasteiger partial charge in [0.2, 0.25) is 0 Å². The fourth-order valence-corrected chi connectivity index (χ4v) is 11.3. The molecule has 80 heavy (non-hydrogen) atoms. The van der Waals surface area contributed by atoms with Crippen LogP contribution >= 0.6 is 0 Å². The van der Waals surface area contributed by atoms with Gasteiger partial charge in [0, 0.05) is 50.2 Å². The number of aromatic nitrogens is 3. The molecule has 4 heterocycles. The molecular weight excluding hydrogens is 971 g/mol. The molecule has 0 saturated heterocycles. The summed E-state index contributed by atoms with van der Waals surface area (Å²) < 4.78 is 31.2. The molecule has 0 aliphatic heterocycles. The Bertz CT molecular complexity index is 4560. The van der Waals surface area contributed by atoms with E-state index in [-0.39, 0.29) is 5.56 Å². The summed E-state index contributed by atoms with van der Waals surface area (Å²) in [7, 11) is 0. The molecule has 0 N–H and O–H groups in total. The van der Waals surface area contributed by atoms with Crippen LogP contribution in [0.1, 0.15) is 9.68 Å². The third-order valence-electron chi connectivity index (χ3n) is 15.2. The molecule has 10 aromatic carbocycles. The van der Waals surface area contributed by atoms with Crippen molar-refractivity contribution < 1.29 is 8.53 Å². The van der Waals surface area contributed by atoms with Gasteiger partial charge in [0.15, 0.2) is 0 Å². The Morgan fingerprint density at radius 3 is 1.30 bits per heavy atom. The monoisotopic (exact) mass is 1020 g/mol. The van der Waals surface area contributed by atoms with Crippen LogP contribution in [0.5, 0.6) is 0 Å². The summed E-state index contributed by atoms with van der Waals surface area (Å²) in [6.07, 6.45) is 5.25. The molecule has 0 aliphatic rings. The Morgan fingerprint density at radius 1 is 0.250 bits per heavy atom. The fraction of sp³-hybridized carbons (Fsp3) is 0.0132. The van der Waals surface area contributed by atoms with Gasteiger partial charge < -0.3 is 4.42 Å². The molecule has 4 nitrogen and oxygen atoms in total. The van der Waals surface area contributed by atoms with Crippen molar-refractivity contribution >= 4 is 21.9 Å². The summed E-state index contributed by atoms with van der Waals surface area (Å²) in [6.45, 7) is -2.29. The molecule has 0 unspecified atom stereocenters. The first kappa shape index (κ1) is 44.6. The summed E-state index contributed by atoms with van der Waals surface area (Å²) in [6, 6.07) is 95.2. The highest BCUT2D eigenvalue weighted by atomic mass is 16.3. The lowest BCUT2D eigenvalue weighted by Crippen LogP contribution is -1.94. The highest BCUT2D eigenvalue weighted by Gasteiger charge is 2.20. The van der Waals surface area contributed by atoms with E-state index in [4.69, 9.17) is 13.5 Å². The van der Waals surface area contributed by atoms with E-state index in [1.807, 2.05) is 67.0 Å². The quantitative estimate of drug-likeness (QED) is 0.130. The normalized spacial score (nSPS) is 12.0. The highest BCUT2D eigenvalue weighted by molar-refractivity contribution is 6.06. The summed E-state index contributed by atoms with van der Waals surface area (Å²) in [4.78, 5) is 14.0. The van der Waals surface area contributed by atoms with Crippen molar-refractivity contribution in [3.63, 3.8) is 0 Å². The predicted octanol–water partition coefficient (Wildman–Crippen LogP) is 20.4. The first-order valence-corrected chi connectivity index (χ1v) is 26.9. The van der Waals surface area contributed by atoms with Crippen LogP contribution in [-0.2, 0) is 0 Å². The van der Waals surface area contributed by atoms with Gasteiger partial charge in [0.05, 0.1) is 17.1 Å². The van der Waals surface area contributed by atoms with Crippen LogP contribution in [0.4, 0.5) is 0 Å². The predicted molar refractivity (Wildman–Crippen MR) is 332 cm³/mol. The number of fused-ring (bicyclic) bond motifs is 3. The first-order chi connectivity index (χ1) is 40.8. The topological polar surface area (TPSA) is 51.8 Å². The molecule has 0 aliphatic carbocycles. The van der Waals surface area contributed by atoms with Crippen molar-refractivity contribution in [3.05, 3.63) is 297 Å². The van der Waals surface area contributed by atoms with Gasteiger partial charge in [-0.2, -0.15) is 0 Å². The minimum Gasteiger partial charge on any atom is -0.456 e. The number of furan rings is 1. The van der Waals surface area contributed by atoms with Gasteiger partial charge in [0.25, 0.3) is 0 Å². The molecule has 0 bridgehead atoms. The maximum absolute atomic E-state index is 8.27. The number of pyridine rings is 3. The van der Waals surface area contributed by atoms with E-state index in [0.717, 1.165) is 139 Å². The zero-order valence-corrected chi connectivity index (χ0v) is 43.5. The molecule has 4 heteroatoms. The second-order valence-electron chi connectivity index (χ2n) is 20.1. The van der Waals surface area contributed by atoms with Crippen molar-refractivity contribution in [2.24, 2.45) is 0 Å². The van der Waals surface area contributed by atoms with E-state index in [9.17, 15) is 0 Å². The van der Waals surface area contributed by atoms with E-state index in [1.165, 1.54) is 0 Å². The van der Waals surface area contributed by atoms with Crippen molar-refractivity contribution in [3.8, 4) is 123 Å². The van der Waals surface area contributed by atoms with Crippen LogP contribution in [0.3, 0.4) is 0 Å². The lowest BCUT2D eigenvalue weighted by Gasteiger charge is -2.19. The summed E-state index contributed by atoms with van der Waals surface area (Å²) in [5.41, 5.74) is 24.2. The van der Waals surface area contributed by atoms with Crippen molar-refractivity contribution in [1.82, 2.24) is 15.0 Å². The molecule has 0 amide bonds. The molecule has 4 aromatic heterocycles. The maximum Gasteiger partial charge on any atom is 0.136 e. The minimum atomic E-state index is -2.29. The number of nitrogens with zero attached hydrogens (tertiary/aromatic N) is 3. The van der Waals surface area contributed by atoms with Crippen molar-refractivity contribution in [2.75, 3.05) is 0 Å². The van der Waals surface area contributed by atoms with Crippen LogP contribution in [0.15, 0.2) is 296 Å². The molecule has 0 saturated carbocycles. The van der Waals surface area contributed by atoms with E-state index < -0.39 is 6.85 Å². The second-order valence-corrected chi connectivity index (χ2v) is 20.1. The molecule has 0 fully saturated rings. The van der Waals surface area contributed by atoms with Gasteiger partial charge in [-0.3, -0.25) is 15.0 Å².